The minimum atomic E-state index is -0.674. The van der Waals surface area contributed by atoms with Crippen LogP contribution in [-0.2, 0) is 6.54 Å². The van der Waals surface area contributed by atoms with Crippen molar-refractivity contribution in [2.45, 2.75) is 26.0 Å². The monoisotopic (exact) mass is 427 g/mol. The topological polar surface area (TPSA) is 76.3 Å². The van der Waals surface area contributed by atoms with Crippen LogP contribution in [-0.4, -0.2) is 95.2 Å². The molecule has 0 spiro atoms. The molecule has 0 unspecified atom stereocenters. The van der Waals surface area contributed by atoms with Gasteiger partial charge < -0.3 is 19.3 Å². The summed E-state index contributed by atoms with van der Waals surface area (Å²) in [6.07, 6.45) is 1.49. The summed E-state index contributed by atoms with van der Waals surface area (Å²) in [6.45, 7) is 11.5. The summed E-state index contributed by atoms with van der Waals surface area (Å²) >= 11 is 0. The van der Waals surface area contributed by atoms with E-state index in [-0.39, 0.29) is 5.91 Å². The number of amides is 1. The number of hydrogen-bond donors (Lipinski definition) is 1. The highest BCUT2D eigenvalue weighted by Gasteiger charge is 2.26. The lowest BCUT2D eigenvalue weighted by Crippen LogP contribution is -2.50. The van der Waals surface area contributed by atoms with Gasteiger partial charge in [0.05, 0.1) is 12.1 Å². The largest absolute Gasteiger partial charge is 0.447 e. The fourth-order valence-corrected chi connectivity index (χ4v) is 4.29. The van der Waals surface area contributed by atoms with Crippen molar-refractivity contribution in [1.29, 1.82) is 0 Å². The predicted octanol–water partition coefficient (Wildman–Crippen LogP) is 1.53. The molecule has 0 bridgehead atoms. The van der Waals surface area contributed by atoms with Gasteiger partial charge in [0.25, 0.3) is 5.91 Å². The quantitative estimate of drug-likeness (QED) is 0.749. The van der Waals surface area contributed by atoms with Crippen LogP contribution < -0.4 is 4.90 Å². The van der Waals surface area contributed by atoms with Crippen molar-refractivity contribution in [1.82, 2.24) is 19.7 Å². The number of para-hydroxylation sites is 1. The van der Waals surface area contributed by atoms with Gasteiger partial charge >= 0.3 is 0 Å². The average molecular weight is 428 g/mol. The Hall–Kier alpha value is -2.42. The Morgan fingerprint density at radius 1 is 1.00 bits per heavy atom. The zero-order valence-corrected chi connectivity index (χ0v) is 18.5. The van der Waals surface area contributed by atoms with E-state index in [2.05, 4.69) is 31.8 Å². The first kappa shape index (κ1) is 21.8. The summed E-state index contributed by atoms with van der Waals surface area (Å²) < 4.78 is 5.61. The van der Waals surface area contributed by atoms with Gasteiger partial charge in [-0.1, -0.05) is 18.2 Å². The van der Waals surface area contributed by atoms with E-state index in [1.54, 1.807) is 0 Å². The van der Waals surface area contributed by atoms with Crippen molar-refractivity contribution in [3.63, 3.8) is 0 Å². The number of β-amino-alcohol motifs (C(OH)–C–C–N with tert-alkyl or cyclic N) is 1. The first-order valence-electron chi connectivity index (χ1n) is 11.1. The molecule has 2 aromatic rings. The van der Waals surface area contributed by atoms with Crippen molar-refractivity contribution < 1.29 is 14.3 Å². The maximum absolute atomic E-state index is 12.9. The van der Waals surface area contributed by atoms with Gasteiger partial charge in [0, 0.05) is 64.6 Å². The molecule has 2 aliphatic rings. The van der Waals surface area contributed by atoms with Gasteiger partial charge in [-0.3, -0.25) is 14.6 Å². The van der Waals surface area contributed by atoms with Gasteiger partial charge in [-0.25, -0.2) is 4.98 Å². The third kappa shape index (κ3) is 5.84. The van der Waals surface area contributed by atoms with Crippen molar-refractivity contribution >= 4 is 11.6 Å². The highest BCUT2D eigenvalue weighted by molar-refractivity contribution is 5.92. The average Bonchev–Trinajstić information content (AvgIpc) is 3.23. The smallest absolute Gasteiger partial charge is 0.275 e. The van der Waals surface area contributed by atoms with E-state index in [9.17, 15) is 9.90 Å². The molecule has 0 aliphatic carbocycles. The SMILES string of the molecule is CC(C)(O)CN1CCN(Cc2nc(C(=O)N3CCN(c4ccccc4)CC3)co2)CC1. The fraction of sp³-hybridized carbons (Fsp3) is 0.565. The van der Waals surface area contributed by atoms with Crippen LogP contribution in [0.3, 0.4) is 0 Å². The molecule has 1 amide bonds. The molecule has 3 heterocycles. The normalized spacial score (nSPS) is 19.1. The minimum Gasteiger partial charge on any atom is -0.447 e. The van der Waals surface area contributed by atoms with Crippen LogP contribution >= 0.6 is 0 Å². The molecule has 8 heteroatoms. The van der Waals surface area contributed by atoms with Gasteiger partial charge in [-0.2, -0.15) is 0 Å². The molecule has 2 fully saturated rings. The van der Waals surface area contributed by atoms with Crippen LogP contribution in [0.5, 0.6) is 0 Å². The molecule has 1 aromatic heterocycles. The second-order valence-corrected chi connectivity index (χ2v) is 9.11. The minimum absolute atomic E-state index is 0.0577. The lowest BCUT2D eigenvalue weighted by atomic mass is 10.1. The molecule has 0 radical (unpaired) electrons. The molecule has 31 heavy (non-hydrogen) atoms. The first-order valence-corrected chi connectivity index (χ1v) is 11.1. The predicted molar refractivity (Wildman–Crippen MR) is 119 cm³/mol. The van der Waals surface area contributed by atoms with Gasteiger partial charge in [-0.05, 0) is 26.0 Å². The molecule has 168 valence electrons. The molecule has 4 rings (SSSR count). The van der Waals surface area contributed by atoms with E-state index in [1.165, 1.54) is 12.0 Å². The number of oxazole rings is 1. The van der Waals surface area contributed by atoms with Crippen molar-refractivity contribution in [2.24, 2.45) is 0 Å². The number of aliphatic hydroxyl groups is 1. The molecule has 1 N–H and O–H groups in total. The summed E-state index contributed by atoms with van der Waals surface area (Å²) in [7, 11) is 0. The molecule has 0 atom stereocenters. The van der Waals surface area contributed by atoms with Crippen LogP contribution in [0.15, 0.2) is 41.0 Å². The number of nitrogens with zero attached hydrogens (tertiary/aromatic N) is 5. The third-order valence-corrected chi connectivity index (χ3v) is 5.89. The molecule has 0 saturated carbocycles. The number of carbonyl (C=O) groups excluding carboxylic acids is 1. The van der Waals surface area contributed by atoms with Gasteiger partial charge in [0.15, 0.2) is 5.69 Å². The zero-order valence-electron chi connectivity index (χ0n) is 18.5. The Kier molecular flexibility index (Phi) is 6.60. The number of benzene rings is 1. The van der Waals surface area contributed by atoms with E-state index >= 15 is 0 Å². The Balaban J connectivity index is 1.25. The first-order chi connectivity index (χ1) is 14.9. The third-order valence-electron chi connectivity index (χ3n) is 5.89. The molecule has 2 aliphatic heterocycles. The summed E-state index contributed by atoms with van der Waals surface area (Å²) in [5.41, 5.74) is 0.914. The lowest BCUT2D eigenvalue weighted by molar-refractivity contribution is 0.0156. The lowest BCUT2D eigenvalue weighted by Gasteiger charge is -2.36. The summed E-state index contributed by atoms with van der Waals surface area (Å²) in [4.78, 5) is 26.0. The second kappa shape index (κ2) is 9.38. The molecular formula is C23H33N5O3. The van der Waals surface area contributed by atoms with Crippen LogP contribution in [0.25, 0.3) is 0 Å². The van der Waals surface area contributed by atoms with E-state index in [0.717, 1.165) is 39.3 Å². The van der Waals surface area contributed by atoms with Crippen molar-refractivity contribution in [3.05, 3.63) is 48.2 Å². The van der Waals surface area contributed by atoms with Crippen molar-refractivity contribution in [3.8, 4) is 0 Å². The molecular weight excluding hydrogens is 394 g/mol. The summed E-state index contributed by atoms with van der Waals surface area (Å²) in [6, 6.07) is 10.3. The van der Waals surface area contributed by atoms with E-state index < -0.39 is 5.60 Å². The van der Waals surface area contributed by atoms with E-state index in [0.29, 0.717) is 37.8 Å². The highest BCUT2D eigenvalue weighted by atomic mass is 16.3. The van der Waals surface area contributed by atoms with Crippen LogP contribution in [0.4, 0.5) is 5.69 Å². The number of piperazine rings is 2. The number of rotatable bonds is 6. The number of aromatic nitrogens is 1. The van der Waals surface area contributed by atoms with Crippen molar-refractivity contribution in [2.75, 3.05) is 63.8 Å². The summed E-state index contributed by atoms with van der Waals surface area (Å²) in [5.74, 6) is 0.528. The number of carbonyl (C=O) groups is 1. The fourth-order valence-electron chi connectivity index (χ4n) is 4.29. The number of hydrogen-bond acceptors (Lipinski definition) is 7. The second-order valence-electron chi connectivity index (χ2n) is 9.11. The standard InChI is InChI=1S/C23H33N5O3/c1-23(2,30)18-26-10-8-25(9-11-26)16-21-24-20(17-31-21)22(29)28-14-12-27(13-15-28)19-6-4-3-5-7-19/h3-7,17,30H,8-16,18H2,1-2H3. The van der Waals surface area contributed by atoms with Crippen LogP contribution in [0.1, 0.15) is 30.2 Å². The highest BCUT2D eigenvalue weighted by Crippen LogP contribution is 2.17. The molecule has 2 saturated heterocycles. The van der Waals surface area contributed by atoms with Gasteiger partial charge in [0.1, 0.15) is 6.26 Å². The zero-order chi connectivity index (χ0) is 21.8. The van der Waals surface area contributed by atoms with E-state index in [1.807, 2.05) is 36.9 Å². The van der Waals surface area contributed by atoms with Gasteiger partial charge in [0.2, 0.25) is 5.89 Å². The maximum Gasteiger partial charge on any atom is 0.275 e. The Morgan fingerprint density at radius 2 is 1.65 bits per heavy atom. The maximum atomic E-state index is 12.9. The molecule has 8 nitrogen and oxygen atoms in total. The Morgan fingerprint density at radius 3 is 2.29 bits per heavy atom. The number of anilines is 1. The van der Waals surface area contributed by atoms with Crippen LogP contribution in [0, 0.1) is 0 Å². The van der Waals surface area contributed by atoms with Crippen LogP contribution in [0.2, 0.25) is 0 Å². The Labute approximate surface area is 184 Å². The van der Waals surface area contributed by atoms with Gasteiger partial charge in [-0.15, -0.1) is 0 Å². The van der Waals surface area contributed by atoms with E-state index in [4.69, 9.17) is 4.42 Å². The Bertz CT molecular complexity index is 848. The summed E-state index contributed by atoms with van der Waals surface area (Å²) in [5, 5.41) is 9.99. The molecule has 1 aromatic carbocycles.